The highest BCUT2D eigenvalue weighted by Gasteiger charge is 2.47. The predicted molar refractivity (Wildman–Crippen MR) is 51.0 cm³/mol. The van der Waals surface area contributed by atoms with E-state index in [0.717, 1.165) is 4.90 Å². The molecule has 4 nitrogen and oxygen atoms in total. The van der Waals surface area contributed by atoms with Crippen molar-refractivity contribution in [2.45, 2.75) is 32.0 Å². The standard InChI is InChI=1S/C10H11F3N2O2/c1-6-5-14-8(17-6)7-3-2-4-15(7)9(16)10(11,12)13/h5,7H,2-4H2,1H3. The Hall–Kier alpha value is -1.53. The van der Waals surface area contributed by atoms with Crippen molar-refractivity contribution >= 4 is 5.91 Å². The maximum atomic E-state index is 12.4. The molecule has 1 aliphatic heterocycles. The molecule has 0 aromatic carbocycles. The van der Waals surface area contributed by atoms with Crippen LogP contribution in [0, 0.1) is 6.92 Å². The largest absolute Gasteiger partial charge is 0.471 e. The first-order valence-corrected chi connectivity index (χ1v) is 5.19. The highest BCUT2D eigenvalue weighted by Crippen LogP contribution is 2.34. The van der Waals surface area contributed by atoms with Crippen molar-refractivity contribution in [1.82, 2.24) is 9.88 Å². The second-order valence-electron chi connectivity index (χ2n) is 3.96. The zero-order valence-corrected chi connectivity index (χ0v) is 9.12. The summed E-state index contributed by atoms with van der Waals surface area (Å²) in [5.41, 5.74) is 0. The fourth-order valence-electron chi connectivity index (χ4n) is 1.96. The highest BCUT2D eigenvalue weighted by atomic mass is 19.4. The van der Waals surface area contributed by atoms with Crippen molar-refractivity contribution < 1.29 is 22.4 Å². The maximum Gasteiger partial charge on any atom is 0.471 e. The summed E-state index contributed by atoms with van der Waals surface area (Å²) >= 11 is 0. The zero-order chi connectivity index (χ0) is 12.6. The van der Waals surface area contributed by atoms with E-state index in [2.05, 4.69) is 4.98 Å². The lowest BCUT2D eigenvalue weighted by atomic mass is 10.2. The smallest absolute Gasteiger partial charge is 0.444 e. The number of aromatic nitrogens is 1. The minimum absolute atomic E-state index is 0.0877. The average molecular weight is 248 g/mol. The molecule has 7 heteroatoms. The van der Waals surface area contributed by atoms with Gasteiger partial charge in [-0.2, -0.15) is 13.2 Å². The molecule has 2 rings (SSSR count). The fourth-order valence-corrected chi connectivity index (χ4v) is 1.96. The molecule has 1 saturated heterocycles. The Morgan fingerprint density at radius 1 is 1.59 bits per heavy atom. The van der Waals surface area contributed by atoms with Crippen LogP contribution in [0.1, 0.15) is 30.5 Å². The van der Waals surface area contributed by atoms with Gasteiger partial charge in [0.2, 0.25) is 5.89 Å². The second kappa shape index (κ2) is 4.05. The number of hydrogen-bond acceptors (Lipinski definition) is 3. The van der Waals surface area contributed by atoms with Gasteiger partial charge in [0, 0.05) is 6.54 Å². The van der Waals surface area contributed by atoms with Crippen LogP contribution in [0.5, 0.6) is 0 Å². The number of carbonyl (C=O) groups is 1. The van der Waals surface area contributed by atoms with E-state index in [1.165, 1.54) is 6.20 Å². The summed E-state index contributed by atoms with van der Waals surface area (Å²) < 4.78 is 42.2. The number of amides is 1. The van der Waals surface area contributed by atoms with Crippen LogP contribution in [0.15, 0.2) is 10.6 Å². The van der Waals surface area contributed by atoms with Gasteiger partial charge in [-0.3, -0.25) is 4.79 Å². The first-order chi connectivity index (χ1) is 7.89. The molecule has 1 aromatic heterocycles. The molecule has 1 atom stereocenters. The lowest BCUT2D eigenvalue weighted by molar-refractivity contribution is -0.186. The molecule has 0 bridgehead atoms. The Morgan fingerprint density at radius 2 is 2.29 bits per heavy atom. The molecule has 0 spiro atoms. The molecule has 0 radical (unpaired) electrons. The van der Waals surface area contributed by atoms with Gasteiger partial charge < -0.3 is 9.32 Å². The molecule has 2 heterocycles. The first kappa shape index (κ1) is 11.9. The fraction of sp³-hybridized carbons (Fsp3) is 0.600. The second-order valence-corrected chi connectivity index (χ2v) is 3.96. The van der Waals surface area contributed by atoms with E-state index in [0.29, 0.717) is 18.6 Å². The van der Waals surface area contributed by atoms with Gasteiger partial charge in [0.15, 0.2) is 0 Å². The van der Waals surface area contributed by atoms with Crippen LogP contribution in [0.2, 0.25) is 0 Å². The van der Waals surface area contributed by atoms with E-state index in [1.807, 2.05) is 0 Å². The van der Waals surface area contributed by atoms with Crippen molar-refractivity contribution in [3.8, 4) is 0 Å². The summed E-state index contributed by atoms with van der Waals surface area (Å²) in [4.78, 5) is 15.9. The van der Waals surface area contributed by atoms with Crippen LogP contribution >= 0.6 is 0 Å². The molecule has 1 amide bonds. The highest BCUT2D eigenvalue weighted by molar-refractivity contribution is 5.82. The molecule has 1 fully saturated rings. The van der Waals surface area contributed by atoms with Crippen molar-refractivity contribution in [3.63, 3.8) is 0 Å². The summed E-state index contributed by atoms with van der Waals surface area (Å²) in [5.74, 6) is -1.13. The Morgan fingerprint density at radius 3 is 2.82 bits per heavy atom. The monoisotopic (exact) mass is 248 g/mol. The number of rotatable bonds is 1. The van der Waals surface area contributed by atoms with Gasteiger partial charge in [0.1, 0.15) is 11.8 Å². The SMILES string of the molecule is Cc1cnc(C2CCCN2C(=O)C(F)(F)F)o1. The molecular formula is C10H11F3N2O2. The minimum atomic E-state index is -4.84. The normalized spacial score (nSPS) is 20.9. The third kappa shape index (κ3) is 2.27. The summed E-state index contributed by atoms with van der Waals surface area (Å²) in [6, 6.07) is -0.696. The van der Waals surface area contributed by atoms with Crippen molar-refractivity contribution in [2.24, 2.45) is 0 Å². The molecule has 94 valence electrons. The van der Waals surface area contributed by atoms with Crippen molar-refractivity contribution in [1.29, 1.82) is 0 Å². The van der Waals surface area contributed by atoms with Gasteiger partial charge in [-0.15, -0.1) is 0 Å². The molecule has 17 heavy (non-hydrogen) atoms. The summed E-state index contributed by atoms with van der Waals surface area (Å²) in [6.45, 7) is 1.74. The number of halogens is 3. The van der Waals surface area contributed by atoms with E-state index >= 15 is 0 Å². The number of alkyl halides is 3. The van der Waals surface area contributed by atoms with Crippen LogP contribution in [0.25, 0.3) is 0 Å². The van der Waals surface area contributed by atoms with Crippen LogP contribution in [0.4, 0.5) is 13.2 Å². The average Bonchev–Trinajstić information content (AvgIpc) is 2.82. The predicted octanol–water partition coefficient (Wildman–Crippen LogP) is 2.21. The van der Waals surface area contributed by atoms with Crippen LogP contribution < -0.4 is 0 Å². The van der Waals surface area contributed by atoms with E-state index in [1.54, 1.807) is 6.92 Å². The van der Waals surface area contributed by atoms with E-state index in [9.17, 15) is 18.0 Å². The quantitative estimate of drug-likeness (QED) is 0.765. The Bertz CT molecular complexity index is 427. The van der Waals surface area contributed by atoms with Crippen LogP contribution in [-0.2, 0) is 4.79 Å². The molecule has 1 unspecified atom stereocenters. The molecule has 0 saturated carbocycles. The van der Waals surface area contributed by atoms with Crippen LogP contribution in [0.3, 0.4) is 0 Å². The lowest BCUT2D eigenvalue weighted by Crippen LogP contribution is -2.40. The molecule has 1 aromatic rings. The van der Waals surface area contributed by atoms with Crippen LogP contribution in [-0.4, -0.2) is 28.5 Å². The molecule has 0 N–H and O–H groups in total. The Balaban J connectivity index is 2.21. The number of likely N-dealkylation sites (tertiary alicyclic amines) is 1. The molecule has 1 aliphatic rings. The van der Waals surface area contributed by atoms with E-state index < -0.39 is 18.1 Å². The van der Waals surface area contributed by atoms with Crippen molar-refractivity contribution in [3.05, 3.63) is 17.8 Å². The Labute approximate surface area is 95.4 Å². The minimum Gasteiger partial charge on any atom is -0.444 e. The zero-order valence-electron chi connectivity index (χ0n) is 9.12. The summed E-state index contributed by atoms with van der Waals surface area (Å²) in [6.07, 6.45) is -2.44. The third-order valence-electron chi connectivity index (χ3n) is 2.68. The third-order valence-corrected chi connectivity index (χ3v) is 2.68. The lowest BCUT2D eigenvalue weighted by Gasteiger charge is -2.23. The number of hydrogen-bond donors (Lipinski definition) is 0. The maximum absolute atomic E-state index is 12.4. The van der Waals surface area contributed by atoms with Gasteiger partial charge in [-0.1, -0.05) is 0 Å². The van der Waals surface area contributed by atoms with Gasteiger partial charge >= 0.3 is 12.1 Å². The number of carbonyl (C=O) groups excluding carboxylic acids is 1. The Kier molecular flexibility index (Phi) is 2.84. The van der Waals surface area contributed by atoms with E-state index in [-0.39, 0.29) is 12.4 Å². The number of oxazole rings is 1. The topological polar surface area (TPSA) is 46.3 Å². The number of aryl methyl sites for hydroxylation is 1. The summed E-state index contributed by atoms with van der Waals surface area (Å²) in [7, 11) is 0. The van der Waals surface area contributed by atoms with Gasteiger partial charge in [-0.25, -0.2) is 4.98 Å². The van der Waals surface area contributed by atoms with Gasteiger partial charge in [0.25, 0.3) is 0 Å². The first-order valence-electron chi connectivity index (χ1n) is 5.19. The molecular weight excluding hydrogens is 237 g/mol. The summed E-state index contributed by atoms with van der Waals surface area (Å²) in [5, 5.41) is 0. The van der Waals surface area contributed by atoms with Gasteiger partial charge in [0.05, 0.1) is 6.20 Å². The number of nitrogens with zero attached hydrogens (tertiary/aromatic N) is 2. The van der Waals surface area contributed by atoms with Gasteiger partial charge in [-0.05, 0) is 19.8 Å². The van der Waals surface area contributed by atoms with E-state index in [4.69, 9.17) is 4.42 Å². The molecule has 0 aliphatic carbocycles. The van der Waals surface area contributed by atoms with Crippen molar-refractivity contribution in [2.75, 3.05) is 6.54 Å².